The Morgan fingerprint density at radius 1 is 1.43 bits per heavy atom. The molecule has 0 saturated heterocycles. The zero-order valence-electron chi connectivity index (χ0n) is 8.85. The van der Waals surface area contributed by atoms with Gasteiger partial charge < -0.3 is 5.11 Å². The number of carboxylic acid groups (broad SMARTS) is 1. The number of carboxylic acids is 1. The van der Waals surface area contributed by atoms with E-state index < -0.39 is 11.9 Å². The Morgan fingerprint density at radius 3 is 2.36 bits per heavy atom. The van der Waals surface area contributed by atoms with Crippen LogP contribution in [-0.4, -0.2) is 26.1 Å². The molecule has 0 saturated carbocycles. The van der Waals surface area contributed by atoms with Gasteiger partial charge in [-0.3, -0.25) is 4.79 Å². The van der Waals surface area contributed by atoms with Crippen molar-refractivity contribution in [3.63, 3.8) is 0 Å². The first kappa shape index (κ1) is 10.7. The number of hydrogen-bond acceptors (Lipinski definition) is 3. The molecule has 0 aliphatic rings. The molecular weight excluding hydrogens is 182 g/mol. The Kier molecular flexibility index (Phi) is 2.88. The summed E-state index contributed by atoms with van der Waals surface area (Å²) in [6, 6.07) is -0.173. The molecule has 0 radical (unpaired) electrons. The zero-order valence-corrected chi connectivity index (χ0v) is 8.85. The van der Waals surface area contributed by atoms with Gasteiger partial charge in [-0.25, -0.2) is 4.68 Å². The van der Waals surface area contributed by atoms with Crippen molar-refractivity contribution in [1.82, 2.24) is 15.0 Å². The average Bonchev–Trinajstić information content (AvgIpc) is 2.45. The molecule has 78 valence electrons. The highest BCUT2D eigenvalue weighted by atomic mass is 16.4. The number of nitrogens with zero attached hydrogens (tertiary/aromatic N) is 3. The lowest BCUT2D eigenvalue weighted by atomic mass is 10.0. The van der Waals surface area contributed by atoms with E-state index in [1.54, 1.807) is 11.6 Å². The van der Waals surface area contributed by atoms with Gasteiger partial charge >= 0.3 is 5.97 Å². The fraction of sp³-hybridized carbons (Fsp3) is 0.667. The fourth-order valence-electron chi connectivity index (χ4n) is 1.23. The number of aliphatic carboxylic acids is 1. The third-order valence-corrected chi connectivity index (χ3v) is 2.66. The number of aryl methyl sites for hydroxylation is 1. The molecular formula is C9H15N3O2. The van der Waals surface area contributed by atoms with Crippen LogP contribution in [0.1, 0.15) is 31.3 Å². The Labute approximate surface area is 82.7 Å². The Bertz CT molecular complexity index is 346. The van der Waals surface area contributed by atoms with Crippen LogP contribution >= 0.6 is 0 Å². The molecule has 2 unspecified atom stereocenters. The van der Waals surface area contributed by atoms with Gasteiger partial charge in [-0.05, 0) is 27.7 Å². The van der Waals surface area contributed by atoms with Crippen LogP contribution in [0.2, 0.25) is 0 Å². The van der Waals surface area contributed by atoms with Gasteiger partial charge in [-0.1, -0.05) is 5.21 Å². The van der Waals surface area contributed by atoms with E-state index in [9.17, 15) is 4.79 Å². The second-order valence-electron chi connectivity index (χ2n) is 3.57. The molecule has 5 nitrogen and oxygen atoms in total. The number of aromatic nitrogens is 3. The van der Waals surface area contributed by atoms with Crippen molar-refractivity contribution in [3.05, 3.63) is 11.4 Å². The SMILES string of the molecule is Cc1nnn(C(C)C(C)C(=O)O)c1C. The normalized spacial score (nSPS) is 15.1. The summed E-state index contributed by atoms with van der Waals surface area (Å²) in [6.45, 7) is 7.25. The topological polar surface area (TPSA) is 68.0 Å². The maximum Gasteiger partial charge on any atom is 0.308 e. The van der Waals surface area contributed by atoms with E-state index in [4.69, 9.17) is 5.11 Å². The maximum absolute atomic E-state index is 10.8. The van der Waals surface area contributed by atoms with Crippen LogP contribution < -0.4 is 0 Å². The van der Waals surface area contributed by atoms with Crippen LogP contribution in [0.25, 0.3) is 0 Å². The fourth-order valence-corrected chi connectivity index (χ4v) is 1.23. The molecule has 0 aromatic carbocycles. The molecule has 0 fully saturated rings. The molecule has 0 bridgehead atoms. The summed E-state index contributed by atoms with van der Waals surface area (Å²) in [5.41, 5.74) is 1.76. The van der Waals surface area contributed by atoms with Gasteiger partial charge in [0, 0.05) is 0 Å². The van der Waals surface area contributed by atoms with Crippen LogP contribution in [-0.2, 0) is 4.79 Å². The van der Waals surface area contributed by atoms with Gasteiger partial charge in [-0.2, -0.15) is 0 Å². The van der Waals surface area contributed by atoms with Crippen molar-refractivity contribution < 1.29 is 9.90 Å². The van der Waals surface area contributed by atoms with E-state index in [-0.39, 0.29) is 6.04 Å². The van der Waals surface area contributed by atoms with Crippen LogP contribution in [0.3, 0.4) is 0 Å². The molecule has 5 heteroatoms. The third kappa shape index (κ3) is 1.76. The smallest absolute Gasteiger partial charge is 0.308 e. The van der Waals surface area contributed by atoms with Crippen molar-refractivity contribution >= 4 is 5.97 Å². The highest BCUT2D eigenvalue weighted by Gasteiger charge is 2.23. The van der Waals surface area contributed by atoms with Gasteiger partial charge in [0.05, 0.1) is 23.3 Å². The minimum absolute atomic E-state index is 0.173. The second kappa shape index (κ2) is 3.77. The lowest BCUT2D eigenvalue weighted by molar-refractivity contribution is -0.142. The molecule has 0 amide bonds. The quantitative estimate of drug-likeness (QED) is 0.790. The first-order valence-corrected chi connectivity index (χ1v) is 4.56. The van der Waals surface area contributed by atoms with Crippen molar-refractivity contribution in [1.29, 1.82) is 0 Å². The summed E-state index contributed by atoms with van der Waals surface area (Å²) in [6.07, 6.45) is 0. The lowest BCUT2D eigenvalue weighted by Gasteiger charge is -2.17. The standard InChI is InChI=1S/C9H15N3O2/c1-5(9(13)14)7(3)12-8(4)6(2)10-11-12/h5,7H,1-4H3,(H,13,14). The molecule has 14 heavy (non-hydrogen) atoms. The molecule has 1 aromatic rings. The molecule has 0 spiro atoms. The average molecular weight is 197 g/mol. The summed E-state index contributed by atoms with van der Waals surface area (Å²) in [4.78, 5) is 10.8. The Morgan fingerprint density at radius 2 is 2.00 bits per heavy atom. The summed E-state index contributed by atoms with van der Waals surface area (Å²) in [5.74, 6) is -1.28. The summed E-state index contributed by atoms with van der Waals surface area (Å²) >= 11 is 0. The van der Waals surface area contributed by atoms with Crippen molar-refractivity contribution in [2.24, 2.45) is 5.92 Å². The second-order valence-corrected chi connectivity index (χ2v) is 3.57. The first-order valence-electron chi connectivity index (χ1n) is 4.56. The molecule has 0 aliphatic heterocycles. The van der Waals surface area contributed by atoms with E-state index in [1.165, 1.54) is 0 Å². The van der Waals surface area contributed by atoms with Gasteiger partial charge in [0.2, 0.25) is 0 Å². The van der Waals surface area contributed by atoms with Crippen molar-refractivity contribution in [3.8, 4) is 0 Å². The minimum atomic E-state index is -0.815. The van der Waals surface area contributed by atoms with Crippen molar-refractivity contribution in [2.45, 2.75) is 33.7 Å². The van der Waals surface area contributed by atoms with Crippen LogP contribution in [0.4, 0.5) is 0 Å². The number of rotatable bonds is 3. The summed E-state index contributed by atoms with van der Waals surface area (Å²) in [5, 5.41) is 16.7. The molecule has 1 N–H and O–H groups in total. The highest BCUT2D eigenvalue weighted by Crippen LogP contribution is 2.18. The van der Waals surface area contributed by atoms with E-state index in [1.807, 2.05) is 20.8 Å². The third-order valence-electron chi connectivity index (χ3n) is 2.66. The van der Waals surface area contributed by atoms with E-state index >= 15 is 0 Å². The van der Waals surface area contributed by atoms with Gasteiger partial charge in [0.15, 0.2) is 0 Å². The minimum Gasteiger partial charge on any atom is -0.481 e. The molecule has 1 aromatic heterocycles. The Hall–Kier alpha value is -1.39. The van der Waals surface area contributed by atoms with E-state index in [2.05, 4.69) is 10.3 Å². The summed E-state index contributed by atoms with van der Waals surface area (Å²) < 4.78 is 1.66. The summed E-state index contributed by atoms with van der Waals surface area (Å²) in [7, 11) is 0. The largest absolute Gasteiger partial charge is 0.481 e. The Balaban J connectivity index is 2.94. The highest BCUT2D eigenvalue weighted by molar-refractivity contribution is 5.70. The predicted octanol–water partition coefficient (Wildman–Crippen LogP) is 1.18. The molecule has 0 aliphatic carbocycles. The lowest BCUT2D eigenvalue weighted by Crippen LogP contribution is -2.23. The van der Waals surface area contributed by atoms with Crippen LogP contribution in [0.15, 0.2) is 0 Å². The molecule has 1 rings (SSSR count). The first-order chi connectivity index (χ1) is 6.45. The number of hydrogen-bond donors (Lipinski definition) is 1. The van der Waals surface area contributed by atoms with Crippen LogP contribution in [0.5, 0.6) is 0 Å². The van der Waals surface area contributed by atoms with Crippen LogP contribution in [0, 0.1) is 19.8 Å². The monoisotopic (exact) mass is 197 g/mol. The van der Waals surface area contributed by atoms with E-state index in [0.717, 1.165) is 11.4 Å². The number of carbonyl (C=O) groups is 1. The maximum atomic E-state index is 10.8. The van der Waals surface area contributed by atoms with Gasteiger partial charge in [0.25, 0.3) is 0 Å². The van der Waals surface area contributed by atoms with Gasteiger partial charge in [-0.15, -0.1) is 5.10 Å². The van der Waals surface area contributed by atoms with Crippen molar-refractivity contribution in [2.75, 3.05) is 0 Å². The molecule has 1 heterocycles. The zero-order chi connectivity index (χ0) is 10.9. The van der Waals surface area contributed by atoms with Gasteiger partial charge in [0.1, 0.15) is 0 Å². The van der Waals surface area contributed by atoms with E-state index in [0.29, 0.717) is 0 Å². The predicted molar refractivity (Wildman–Crippen MR) is 51.0 cm³/mol. The molecule has 2 atom stereocenters.